The standard InChI is InChI=1S/C13H18N2/c1-10(14-2)9-12-6-4-5-11-7-8-15(3)13(11)12/h4-8,10,14H,9H2,1-3H3. The fourth-order valence-corrected chi connectivity index (χ4v) is 2.04. The number of fused-ring (bicyclic) bond motifs is 1. The number of aromatic nitrogens is 1. The van der Waals surface area contributed by atoms with E-state index in [-0.39, 0.29) is 0 Å². The second-order valence-corrected chi connectivity index (χ2v) is 4.18. The summed E-state index contributed by atoms with van der Waals surface area (Å²) < 4.78 is 2.20. The molecule has 1 aromatic carbocycles. The number of para-hydroxylation sites is 1. The summed E-state index contributed by atoms with van der Waals surface area (Å²) in [4.78, 5) is 0. The van der Waals surface area contributed by atoms with Crippen LogP contribution in [-0.4, -0.2) is 17.7 Å². The third kappa shape index (κ3) is 1.90. The van der Waals surface area contributed by atoms with Crippen molar-refractivity contribution < 1.29 is 0 Å². The number of rotatable bonds is 3. The second kappa shape index (κ2) is 4.07. The van der Waals surface area contributed by atoms with Crippen LogP contribution in [0.3, 0.4) is 0 Å². The van der Waals surface area contributed by atoms with Gasteiger partial charge in [-0.3, -0.25) is 0 Å². The SMILES string of the molecule is CNC(C)Cc1cccc2ccn(C)c12. The van der Waals surface area contributed by atoms with Gasteiger partial charge in [-0.05, 0) is 37.4 Å². The van der Waals surface area contributed by atoms with Crippen LogP contribution >= 0.6 is 0 Å². The lowest BCUT2D eigenvalue weighted by Gasteiger charge is -2.12. The summed E-state index contributed by atoms with van der Waals surface area (Å²) in [6.45, 7) is 2.21. The van der Waals surface area contributed by atoms with Crippen LogP contribution in [0.25, 0.3) is 10.9 Å². The molecule has 0 aliphatic carbocycles. The molecule has 1 heterocycles. The van der Waals surface area contributed by atoms with E-state index in [1.165, 1.54) is 16.5 Å². The topological polar surface area (TPSA) is 17.0 Å². The molecule has 2 nitrogen and oxygen atoms in total. The van der Waals surface area contributed by atoms with Gasteiger partial charge in [0.25, 0.3) is 0 Å². The molecule has 0 aliphatic rings. The van der Waals surface area contributed by atoms with Crippen LogP contribution in [-0.2, 0) is 13.5 Å². The Morgan fingerprint density at radius 1 is 1.33 bits per heavy atom. The van der Waals surface area contributed by atoms with Crippen LogP contribution < -0.4 is 5.32 Å². The first-order chi connectivity index (χ1) is 7.22. The van der Waals surface area contributed by atoms with Gasteiger partial charge < -0.3 is 9.88 Å². The van der Waals surface area contributed by atoms with Gasteiger partial charge in [0.15, 0.2) is 0 Å². The van der Waals surface area contributed by atoms with E-state index >= 15 is 0 Å². The molecule has 2 rings (SSSR count). The highest BCUT2D eigenvalue weighted by Gasteiger charge is 2.07. The summed E-state index contributed by atoms with van der Waals surface area (Å²) in [6, 6.07) is 9.22. The molecular weight excluding hydrogens is 184 g/mol. The van der Waals surface area contributed by atoms with Crippen LogP contribution in [0.2, 0.25) is 0 Å². The van der Waals surface area contributed by atoms with Crippen molar-refractivity contribution in [3.8, 4) is 0 Å². The number of nitrogens with zero attached hydrogens (tertiary/aromatic N) is 1. The van der Waals surface area contributed by atoms with Gasteiger partial charge >= 0.3 is 0 Å². The van der Waals surface area contributed by atoms with Crippen LogP contribution in [0.4, 0.5) is 0 Å². The molecule has 2 aromatic rings. The Bertz CT molecular complexity index is 457. The van der Waals surface area contributed by atoms with Crippen LogP contribution in [0, 0.1) is 0 Å². The van der Waals surface area contributed by atoms with Crippen molar-refractivity contribution in [3.63, 3.8) is 0 Å². The van der Waals surface area contributed by atoms with Crippen LogP contribution in [0.5, 0.6) is 0 Å². The van der Waals surface area contributed by atoms with Gasteiger partial charge in [0, 0.05) is 19.3 Å². The molecule has 0 spiro atoms. The van der Waals surface area contributed by atoms with Gasteiger partial charge in [0.05, 0.1) is 5.52 Å². The predicted molar refractivity (Wildman–Crippen MR) is 65.1 cm³/mol. The second-order valence-electron chi connectivity index (χ2n) is 4.18. The van der Waals surface area contributed by atoms with Gasteiger partial charge in [-0.2, -0.15) is 0 Å². The molecule has 0 bridgehead atoms. The van der Waals surface area contributed by atoms with E-state index in [1.54, 1.807) is 0 Å². The largest absolute Gasteiger partial charge is 0.350 e. The van der Waals surface area contributed by atoms with Gasteiger partial charge in [-0.15, -0.1) is 0 Å². The molecule has 0 radical (unpaired) electrons. The van der Waals surface area contributed by atoms with E-state index in [0.717, 1.165) is 6.42 Å². The molecule has 15 heavy (non-hydrogen) atoms. The molecule has 0 amide bonds. The Balaban J connectivity index is 2.45. The van der Waals surface area contributed by atoms with E-state index in [4.69, 9.17) is 0 Å². The zero-order chi connectivity index (χ0) is 10.8. The normalized spacial score (nSPS) is 13.3. The molecule has 80 valence electrons. The Kier molecular flexibility index (Phi) is 2.78. The molecule has 0 aliphatic heterocycles. The maximum absolute atomic E-state index is 3.28. The molecule has 1 atom stereocenters. The van der Waals surface area contributed by atoms with E-state index in [2.05, 4.69) is 54.3 Å². The maximum atomic E-state index is 3.28. The van der Waals surface area contributed by atoms with E-state index in [9.17, 15) is 0 Å². The summed E-state index contributed by atoms with van der Waals surface area (Å²) in [6.07, 6.45) is 3.20. The number of benzene rings is 1. The minimum atomic E-state index is 0.519. The van der Waals surface area contributed by atoms with Crippen molar-refractivity contribution in [3.05, 3.63) is 36.0 Å². The predicted octanol–water partition coefficient (Wildman–Crippen LogP) is 2.33. The minimum absolute atomic E-state index is 0.519. The molecule has 0 fully saturated rings. The van der Waals surface area contributed by atoms with E-state index in [1.807, 2.05) is 7.05 Å². The van der Waals surface area contributed by atoms with Crippen molar-refractivity contribution in [1.82, 2.24) is 9.88 Å². The van der Waals surface area contributed by atoms with Gasteiger partial charge in [-0.25, -0.2) is 0 Å². The third-order valence-corrected chi connectivity index (χ3v) is 3.00. The molecular formula is C13H18N2. The summed E-state index contributed by atoms with van der Waals surface area (Å²) in [5.74, 6) is 0. The lowest BCUT2D eigenvalue weighted by atomic mass is 10.0. The van der Waals surface area contributed by atoms with Crippen molar-refractivity contribution in [2.45, 2.75) is 19.4 Å². The number of nitrogens with one attached hydrogen (secondary N) is 1. The quantitative estimate of drug-likeness (QED) is 0.808. The molecule has 2 heteroatoms. The zero-order valence-corrected chi connectivity index (χ0v) is 9.62. The monoisotopic (exact) mass is 202 g/mol. The first-order valence-corrected chi connectivity index (χ1v) is 5.42. The Labute approximate surface area is 90.9 Å². The van der Waals surface area contributed by atoms with Crippen molar-refractivity contribution >= 4 is 10.9 Å². The molecule has 0 saturated heterocycles. The number of hydrogen-bond acceptors (Lipinski definition) is 1. The maximum Gasteiger partial charge on any atom is 0.0510 e. The Hall–Kier alpha value is -1.28. The molecule has 0 saturated carbocycles. The molecule has 1 aromatic heterocycles. The lowest BCUT2D eigenvalue weighted by molar-refractivity contribution is 0.609. The average Bonchev–Trinajstić information content (AvgIpc) is 2.61. The highest BCUT2D eigenvalue weighted by Crippen LogP contribution is 2.20. The number of aryl methyl sites for hydroxylation is 1. The first-order valence-electron chi connectivity index (χ1n) is 5.42. The average molecular weight is 202 g/mol. The Morgan fingerprint density at radius 3 is 2.87 bits per heavy atom. The zero-order valence-electron chi connectivity index (χ0n) is 9.62. The summed E-state index contributed by atoms with van der Waals surface area (Å²) >= 11 is 0. The van der Waals surface area contributed by atoms with Crippen molar-refractivity contribution in [1.29, 1.82) is 0 Å². The van der Waals surface area contributed by atoms with Crippen LogP contribution in [0.1, 0.15) is 12.5 Å². The smallest absolute Gasteiger partial charge is 0.0510 e. The van der Waals surface area contributed by atoms with E-state index in [0.29, 0.717) is 6.04 Å². The third-order valence-electron chi connectivity index (χ3n) is 3.00. The highest BCUT2D eigenvalue weighted by atomic mass is 14.9. The summed E-state index contributed by atoms with van der Waals surface area (Å²) in [5, 5.41) is 4.61. The van der Waals surface area contributed by atoms with Gasteiger partial charge in [0.1, 0.15) is 0 Å². The fraction of sp³-hybridized carbons (Fsp3) is 0.385. The minimum Gasteiger partial charge on any atom is -0.350 e. The number of likely N-dealkylation sites (N-methyl/N-ethyl adjacent to an activating group) is 1. The fourth-order valence-electron chi connectivity index (χ4n) is 2.04. The Morgan fingerprint density at radius 2 is 2.13 bits per heavy atom. The van der Waals surface area contributed by atoms with Crippen molar-refractivity contribution in [2.24, 2.45) is 7.05 Å². The van der Waals surface area contributed by atoms with Crippen LogP contribution in [0.15, 0.2) is 30.5 Å². The highest BCUT2D eigenvalue weighted by molar-refractivity contribution is 5.83. The van der Waals surface area contributed by atoms with E-state index < -0.39 is 0 Å². The summed E-state index contributed by atoms with van der Waals surface area (Å²) in [5.41, 5.74) is 2.78. The first kappa shape index (κ1) is 10.2. The van der Waals surface area contributed by atoms with Gasteiger partial charge in [0.2, 0.25) is 0 Å². The summed E-state index contributed by atoms with van der Waals surface area (Å²) in [7, 11) is 4.12. The number of hydrogen-bond donors (Lipinski definition) is 1. The molecule has 1 unspecified atom stereocenters. The van der Waals surface area contributed by atoms with Crippen molar-refractivity contribution in [2.75, 3.05) is 7.05 Å². The van der Waals surface area contributed by atoms with Gasteiger partial charge in [-0.1, -0.05) is 18.2 Å². The lowest BCUT2D eigenvalue weighted by Crippen LogP contribution is -2.23. The molecule has 1 N–H and O–H groups in total.